The van der Waals surface area contributed by atoms with E-state index in [4.69, 9.17) is 10.4 Å². The molecule has 1 unspecified atom stereocenters. The number of rotatable bonds is 4. The van der Waals surface area contributed by atoms with Gasteiger partial charge in [-0.25, -0.2) is 0 Å². The van der Waals surface area contributed by atoms with Gasteiger partial charge in [-0.3, -0.25) is 0 Å². The van der Waals surface area contributed by atoms with Crippen molar-refractivity contribution in [1.29, 1.82) is 5.26 Å². The van der Waals surface area contributed by atoms with E-state index in [0.717, 1.165) is 19.3 Å². The number of aliphatic hydroxyl groups is 1. The van der Waals surface area contributed by atoms with Gasteiger partial charge in [-0.1, -0.05) is 19.8 Å². The van der Waals surface area contributed by atoms with Crippen molar-refractivity contribution in [3.05, 3.63) is 12.2 Å². The van der Waals surface area contributed by atoms with E-state index in [1.807, 2.05) is 6.07 Å². The minimum Gasteiger partial charge on any atom is -0.389 e. The number of nitriles is 1. The molecule has 0 amide bonds. The molecule has 0 radical (unpaired) electrons. The SMILES string of the molecule is CCCCC(O)C=CC#N. The summed E-state index contributed by atoms with van der Waals surface area (Å²) in [6.07, 6.45) is 5.26. The minimum absolute atomic E-state index is 0.431. The maximum atomic E-state index is 9.07. The van der Waals surface area contributed by atoms with E-state index in [0.29, 0.717) is 0 Å². The van der Waals surface area contributed by atoms with Crippen molar-refractivity contribution in [3.8, 4) is 6.07 Å². The summed E-state index contributed by atoms with van der Waals surface area (Å²) in [5.41, 5.74) is 0. The fourth-order valence-corrected chi connectivity index (χ4v) is 0.664. The summed E-state index contributed by atoms with van der Waals surface area (Å²) in [7, 11) is 0. The van der Waals surface area contributed by atoms with Crippen LogP contribution in [0, 0.1) is 11.3 Å². The summed E-state index contributed by atoms with van der Waals surface area (Å²) in [5, 5.41) is 17.2. The van der Waals surface area contributed by atoms with Gasteiger partial charge in [0.2, 0.25) is 0 Å². The largest absolute Gasteiger partial charge is 0.389 e. The molecule has 0 spiro atoms. The second-order valence-corrected chi connectivity index (χ2v) is 2.20. The van der Waals surface area contributed by atoms with Gasteiger partial charge in [-0.05, 0) is 12.5 Å². The van der Waals surface area contributed by atoms with Gasteiger partial charge in [0.15, 0.2) is 0 Å². The zero-order valence-corrected chi connectivity index (χ0v) is 6.25. The van der Waals surface area contributed by atoms with Crippen molar-refractivity contribution in [2.45, 2.75) is 32.3 Å². The van der Waals surface area contributed by atoms with Gasteiger partial charge in [0.1, 0.15) is 0 Å². The lowest BCUT2D eigenvalue weighted by atomic mass is 10.1. The lowest BCUT2D eigenvalue weighted by molar-refractivity contribution is 0.209. The highest BCUT2D eigenvalue weighted by atomic mass is 16.3. The highest BCUT2D eigenvalue weighted by Crippen LogP contribution is 2.00. The van der Waals surface area contributed by atoms with Gasteiger partial charge in [0.25, 0.3) is 0 Å². The third kappa shape index (κ3) is 5.33. The summed E-state index contributed by atoms with van der Waals surface area (Å²) in [4.78, 5) is 0. The van der Waals surface area contributed by atoms with E-state index >= 15 is 0 Å². The van der Waals surface area contributed by atoms with Crippen LogP contribution in [-0.4, -0.2) is 11.2 Å². The number of nitrogens with zero attached hydrogens (tertiary/aromatic N) is 1. The maximum absolute atomic E-state index is 9.07. The Bertz CT molecular complexity index is 135. The van der Waals surface area contributed by atoms with Gasteiger partial charge in [0.05, 0.1) is 12.2 Å². The summed E-state index contributed by atoms with van der Waals surface area (Å²) in [6, 6.07) is 1.83. The molecule has 0 heterocycles. The van der Waals surface area contributed by atoms with Crippen LogP contribution in [0.1, 0.15) is 26.2 Å². The van der Waals surface area contributed by atoms with Gasteiger partial charge in [0, 0.05) is 6.08 Å². The molecule has 0 aromatic carbocycles. The average Bonchev–Trinajstić information content (AvgIpc) is 1.97. The van der Waals surface area contributed by atoms with Crippen molar-refractivity contribution < 1.29 is 5.11 Å². The predicted octanol–water partition coefficient (Wildman–Crippen LogP) is 1.62. The molecule has 0 rings (SSSR count). The number of hydrogen-bond acceptors (Lipinski definition) is 2. The molecular formula is C8H13NO. The van der Waals surface area contributed by atoms with Crippen LogP contribution in [0.15, 0.2) is 12.2 Å². The smallest absolute Gasteiger partial charge is 0.0909 e. The molecule has 0 saturated carbocycles. The third-order valence-corrected chi connectivity index (χ3v) is 1.25. The normalized spacial score (nSPS) is 13.3. The molecule has 0 fully saturated rings. The Labute approximate surface area is 61.8 Å². The van der Waals surface area contributed by atoms with Crippen molar-refractivity contribution in [1.82, 2.24) is 0 Å². The fourth-order valence-electron chi connectivity index (χ4n) is 0.664. The highest BCUT2D eigenvalue weighted by Gasteiger charge is 1.95. The van der Waals surface area contributed by atoms with Gasteiger partial charge < -0.3 is 5.11 Å². The molecule has 0 aliphatic heterocycles. The second-order valence-electron chi connectivity index (χ2n) is 2.20. The lowest BCUT2D eigenvalue weighted by Gasteiger charge is -2.00. The molecule has 0 aliphatic rings. The van der Waals surface area contributed by atoms with Crippen LogP contribution >= 0.6 is 0 Å². The summed E-state index contributed by atoms with van der Waals surface area (Å²) in [6.45, 7) is 2.07. The zero-order valence-electron chi connectivity index (χ0n) is 6.25. The van der Waals surface area contributed by atoms with Crippen molar-refractivity contribution in [2.24, 2.45) is 0 Å². The van der Waals surface area contributed by atoms with Crippen LogP contribution in [0.3, 0.4) is 0 Å². The highest BCUT2D eigenvalue weighted by molar-refractivity contribution is 5.04. The minimum atomic E-state index is -0.431. The monoisotopic (exact) mass is 139 g/mol. The molecule has 10 heavy (non-hydrogen) atoms. The number of allylic oxidation sites excluding steroid dienone is 1. The molecular weight excluding hydrogens is 126 g/mol. The van der Waals surface area contributed by atoms with Crippen molar-refractivity contribution in [2.75, 3.05) is 0 Å². The van der Waals surface area contributed by atoms with Crippen LogP contribution in [0.5, 0.6) is 0 Å². The van der Waals surface area contributed by atoms with E-state index in [-0.39, 0.29) is 0 Å². The Hall–Kier alpha value is -0.810. The average molecular weight is 139 g/mol. The topological polar surface area (TPSA) is 44.0 Å². The quantitative estimate of drug-likeness (QED) is 0.601. The Kier molecular flexibility index (Phi) is 5.80. The number of unbranched alkanes of at least 4 members (excludes halogenated alkanes) is 1. The first-order valence-corrected chi connectivity index (χ1v) is 3.55. The van der Waals surface area contributed by atoms with Crippen LogP contribution in [0.25, 0.3) is 0 Å². The summed E-state index contributed by atoms with van der Waals surface area (Å²) in [5.74, 6) is 0. The predicted molar refractivity (Wildman–Crippen MR) is 40.3 cm³/mol. The van der Waals surface area contributed by atoms with Gasteiger partial charge in [-0.15, -0.1) is 0 Å². The molecule has 2 heteroatoms. The van der Waals surface area contributed by atoms with Crippen LogP contribution in [0.2, 0.25) is 0 Å². The molecule has 0 saturated heterocycles. The van der Waals surface area contributed by atoms with E-state index in [1.54, 1.807) is 0 Å². The Balaban J connectivity index is 3.35. The Morgan fingerprint density at radius 3 is 2.90 bits per heavy atom. The van der Waals surface area contributed by atoms with Crippen molar-refractivity contribution in [3.63, 3.8) is 0 Å². The van der Waals surface area contributed by atoms with Crippen LogP contribution < -0.4 is 0 Å². The first-order chi connectivity index (χ1) is 4.81. The summed E-state index contributed by atoms with van der Waals surface area (Å²) < 4.78 is 0. The molecule has 0 aromatic rings. The molecule has 0 aromatic heterocycles. The molecule has 56 valence electrons. The van der Waals surface area contributed by atoms with Crippen molar-refractivity contribution >= 4 is 0 Å². The van der Waals surface area contributed by atoms with Crippen LogP contribution in [0.4, 0.5) is 0 Å². The molecule has 1 atom stereocenters. The van der Waals surface area contributed by atoms with E-state index in [9.17, 15) is 0 Å². The first-order valence-electron chi connectivity index (χ1n) is 3.55. The van der Waals surface area contributed by atoms with E-state index < -0.39 is 6.10 Å². The third-order valence-electron chi connectivity index (χ3n) is 1.25. The Morgan fingerprint density at radius 1 is 1.70 bits per heavy atom. The maximum Gasteiger partial charge on any atom is 0.0909 e. The first kappa shape index (κ1) is 9.19. The Morgan fingerprint density at radius 2 is 2.40 bits per heavy atom. The zero-order chi connectivity index (χ0) is 7.82. The number of aliphatic hydroxyl groups excluding tert-OH is 1. The summed E-state index contributed by atoms with van der Waals surface area (Å²) >= 11 is 0. The number of hydrogen-bond donors (Lipinski definition) is 1. The van der Waals surface area contributed by atoms with Gasteiger partial charge in [-0.2, -0.15) is 5.26 Å². The molecule has 2 nitrogen and oxygen atoms in total. The van der Waals surface area contributed by atoms with Gasteiger partial charge >= 0.3 is 0 Å². The van der Waals surface area contributed by atoms with E-state index in [1.165, 1.54) is 12.2 Å². The standard InChI is InChI=1S/C8H13NO/c1-2-3-5-8(10)6-4-7-9/h4,6,8,10H,2-3,5H2,1H3. The van der Waals surface area contributed by atoms with E-state index in [2.05, 4.69) is 6.92 Å². The lowest BCUT2D eigenvalue weighted by Crippen LogP contribution is -2.00. The molecule has 0 bridgehead atoms. The molecule has 1 N–H and O–H groups in total. The fraction of sp³-hybridized carbons (Fsp3) is 0.625. The van der Waals surface area contributed by atoms with Crippen LogP contribution in [-0.2, 0) is 0 Å². The molecule has 0 aliphatic carbocycles. The second kappa shape index (κ2) is 6.31.